The van der Waals surface area contributed by atoms with Crippen molar-refractivity contribution in [3.63, 3.8) is 0 Å². The standard InChI is InChI=1S/C12H18N2O3S/c1-6(2)9(15)5-18-11-10(12(16)17)7(3)13-8(4)14-11/h6,9,15H,5H2,1-4H3,(H,16,17). The minimum atomic E-state index is -1.03. The molecule has 0 saturated carbocycles. The fourth-order valence-electron chi connectivity index (χ4n) is 1.39. The monoisotopic (exact) mass is 270 g/mol. The van der Waals surface area contributed by atoms with Crippen LogP contribution in [0.5, 0.6) is 0 Å². The second kappa shape index (κ2) is 6.15. The van der Waals surface area contributed by atoms with Crippen molar-refractivity contribution in [2.24, 2.45) is 5.92 Å². The molecule has 1 unspecified atom stereocenters. The molecule has 0 radical (unpaired) electrons. The number of rotatable bonds is 5. The van der Waals surface area contributed by atoms with Crippen LogP contribution >= 0.6 is 11.8 Å². The number of hydrogen-bond acceptors (Lipinski definition) is 5. The number of carboxylic acids is 1. The number of carbonyl (C=O) groups is 1. The minimum Gasteiger partial charge on any atom is -0.478 e. The number of aromatic nitrogens is 2. The maximum Gasteiger partial charge on any atom is 0.340 e. The molecular weight excluding hydrogens is 252 g/mol. The lowest BCUT2D eigenvalue weighted by molar-refractivity contribution is 0.0690. The Morgan fingerprint density at radius 3 is 2.44 bits per heavy atom. The molecule has 0 aromatic carbocycles. The number of aliphatic hydroxyl groups is 1. The number of nitrogens with zero attached hydrogens (tertiary/aromatic N) is 2. The van der Waals surface area contributed by atoms with Gasteiger partial charge in [0, 0.05) is 5.75 Å². The fourth-order valence-corrected chi connectivity index (χ4v) is 2.68. The Morgan fingerprint density at radius 2 is 1.94 bits per heavy atom. The molecule has 6 heteroatoms. The van der Waals surface area contributed by atoms with E-state index in [1.54, 1.807) is 13.8 Å². The van der Waals surface area contributed by atoms with Crippen LogP contribution in [0.4, 0.5) is 0 Å². The van der Waals surface area contributed by atoms with E-state index < -0.39 is 12.1 Å². The summed E-state index contributed by atoms with van der Waals surface area (Å²) < 4.78 is 0. The maximum absolute atomic E-state index is 11.2. The Morgan fingerprint density at radius 1 is 1.33 bits per heavy atom. The maximum atomic E-state index is 11.2. The van der Waals surface area contributed by atoms with Crippen molar-refractivity contribution < 1.29 is 15.0 Å². The van der Waals surface area contributed by atoms with E-state index in [1.165, 1.54) is 11.8 Å². The molecule has 1 aromatic heterocycles. The lowest BCUT2D eigenvalue weighted by Crippen LogP contribution is -2.18. The van der Waals surface area contributed by atoms with E-state index >= 15 is 0 Å². The Kier molecular flexibility index (Phi) is 5.10. The van der Waals surface area contributed by atoms with Crippen LogP contribution in [0.1, 0.15) is 35.7 Å². The van der Waals surface area contributed by atoms with E-state index in [1.807, 2.05) is 13.8 Å². The second-order valence-electron chi connectivity index (χ2n) is 4.46. The predicted molar refractivity (Wildman–Crippen MR) is 70.0 cm³/mol. The molecular formula is C12H18N2O3S. The summed E-state index contributed by atoms with van der Waals surface area (Å²) in [7, 11) is 0. The third-order valence-electron chi connectivity index (χ3n) is 2.54. The molecule has 1 rings (SSSR count). The SMILES string of the molecule is Cc1nc(C)c(C(=O)O)c(SCC(O)C(C)C)n1. The first-order valence-corrected chi connectivity index (χ1v) is 6.71. The molecule has 0 bridgehead atoms. The second-order valence-corrected chi connectivity index (χ2v) is 5.47. The molecule has 0 aliphatic rings. The highest BCUT2D eigenvalue weighted by molar-refractivity contribution is 7.99. The molecule has 2 N–H and O–H groups in total. The van der Waals surface area contributed by atoms with Gasteiger partial charge in [0.1, 0.15) is 16.4 Å². The summed E-state index contributed by atoms with van der Waals surface area (Å²) in [6, 6.07) is 0. The van der Waals surface area contributed by atoms with Gasteiger partial charge in [0.05, 0.1) is 11.8 Å². The van der Waals surface area contributed by atoms with Crippen molar-refractivity contribution in [2.75, 3.05) is 5.75 Å². The molecule has 0 saturated heterocycles. The number of aromatic carboxylic acids is 1. The molecule has 1 atom stereocenters. The number of carboxylic acid groups (broad SMARTS) is 1. The predicted octanol–water partition coefficient (Wildman–Crippen LogP) is 1.90. The molecule has 0 aliphatic carbocycles. The van der Waals surface area contributed by atoms with Gasteiger partial charge in [0.2, 0.25) is 0 Å². The first-order chi connectivity index (χ1) is 8.32. The molecule has 100 valence electrons. The zero-order valence-corrected chi connectivity index (χ0v) is 11.8. The zero-order chi connectivity index (χ0) is 13.9. The smallest absolute Gasteiger partial charge is 0.340 e. The van der Waals surface area contributed by atoms with E-state index in [0.29, 0.717) is 22.3 Å². The van der Waals surface area contributed by atoms with Crippen molar-refractivity contribution in [2.45, 2.75) is 38.8 Å². The largest absolute Gasteiger partial charge is 0.478 e. The normalized spacial score (nSPS) is 12.8. The third-order valence-corrected chi connectivity index (χ3v) is 3.62. The molecule has 0 amide bonds. The molecule has 18 heavy (non-hydrogen) atoms. The Labute approximate surface area is 111 Å². The van der Waals surface area contributed by atoms with Crippen LogP contribution < -0.4 is 0 Å². The number of thioether (sulfide) groups is 1. The van der Waals surface area contributed by atoms with E-state index in [4.69, 9.17) is 5.11 Å². The van der Waals surface area contributed by atoms with Gasteiger partial charge < -0.3 is 10.2 Å². The van der Waals surface area contributed by atoms with Crippen molar-refractivity contribution in [3.05, 3.63) is 17.1 Å². The third kappa shape index (κ3) is 3.68. The summed E-state index contributed by atoms with van der Waals surface area (Å²) in [6.45, 7) is 7.21. The van der Waals surface area contributed by atoms with Crippen molar-refractivity contribution >= 4 is 17.7 Å². The average Bonchev–Trinajstić information content (AvgIpc) is 2.23. The average molecular weight is 270 g/mol. The Hall–Kier alpha value is -1.14. The molecule has 5 nitrogen and oxygen atoms in total. The van der Waals surface area contributed by atoms with Crippen LogP contribution in [0, 0.1) is 19.8 Å². The van der Waals surface area contributed by atoms with E-state index in [2.05, 4.69) is 9.97 Å². The number of aryl methyl sites for hydroxylation is 2. The number of hydrogen-bond donors (Lipinski definition) is 2. The van der Waals surface area contributed by atoms with Crippen LogP contribution in [-0.2, 0) is 0 Å². The quantitative estimate of drug-likeness (QED) is 0.628. The summed E-state index contributed by atoms with van der Waals surface area (Å²) in [5, 5.41) is 19.3. The highest BCUT2D eigenvalue weighted by Crippen LogP contribution is 2.24. The fraction of sp³-hybridized carbons (Fsp3) is 0.583. The first-order valence-electron chi connectivity index (χ1n) is 5.72. The van der Waals surface area contributed by atoms with E-state index in [-0.39, 0.29) is 11.5 Å². The van der Waals surface area contributed by atoms with Crippen LogP contribution in [-0.4, -0.2) is 38.0 Å². The molecule has 0 aliphatic heterocycles. The van der Waals surface area contributed by atoms with Gasteiger partial charge in [0.15, 0.2) is 0 Å². The van der Waals surface area contributed by atoms with Gasteiger partial charge in [-0.3, -0.25) is 0 Å². The van der Waals surface area contributed by atoms with E-state index in [0.717, 1.165) is 0 Å². The number of aliphatic hydroxyl groups excluding tert-OH is 1. The Bertz CT molecular complexity index is 449. The lowest BCUT2D eigenvalue weighted by Gasteiger charge is -2.14. The van der Waals surface area contributed by atoms with Gasteiger partial charge in [-0.1, -0.05) is 13.8 Å². The summed E-state index contributed by atoms with van der Waals surface area (Å²) in [5.74, 6) is 0.0660. The summed E-state index contributed by atoms with van der Waals surface area (Å²) in [5.41, 5.74) is 0.582. The summed E-state index contributed by atoms with van der Waals surface area (Å²) in [4.78, 5) is 19.4. The highest BCUT2D eigenvalue weighted by atomic mass is 32.2. The van der Waals surface area contributed by atoms with Gasteiger partial charge in [-0.05, 0) is 19.8 Å². The molecule has 0 fully saturated rings. The van der Waals surface area contributed by atoms with Gasteiger partial charge >= 0.3 is 5.97 Å². The van der Waals surface area contributed by atoms with Gasteiger partial charge in [0.25, 0.3) is 0 Å². The lowest BCUT2D eigenvalue weighted by atomic mass is 10.1. The molecule has 1 aromatic rings. The topological polar surface area (TPSA) is 83.3 Å². The Balaban J connectivity index is 2.97. The summed E-state index contributed by atoms with van der Waals surface area (Å²) in [6.07, 6.45) is -0.479. The first kappa shape index (κ1) is 14.9. The van der Waals surface area contributed by atoms with E-state index in [9.17, 15) is 9.90 Å². The zero-order valence-electron chi connectivity index (χ0n) is 11.0. The van der Waals surface area contributed by atoms with Crippen molar-refractivity contribution in [1.29, 1.82) is 0 Å². The molecule has 1 heterocycles. The minimum absolute atomic E-state index is 0.126. The van der Waals surface area contributed by atoms with Gasteiger partial charge in [-0.15, -0.1) is 11.8 Å². The highest BCUT2D eigenvalue weighted by Gasteiger charge is 2.19. The van der Waals surface area contributed by atoms with Crippen molar-refractivity contribution in [3.8, 4) is 0 Å². The summed E-state index contributed by atoms with van der Waals surface area (Å²) >= 11 is 1.26. The van der Waals surface area contributed by atoms with Crippen LogP contribution in [0.25, 0.3) is 0 Å². The van der Waals surface area contributed by atoms with Crippen LogP contribution in [0.2, 0.25) is 0 Å². The van der Waals surface area contributed by atoms with Crippen molar-refractivity contribution in [1.82, 2.24) is 9.97 Å². The van der Waals surface area contributed by atoms with Crippen LogP contribution in [0.3, 0.4) is 0 Å². The van der Waals surface area contributed by atoms with Gasteiger partial charge in [-0.2, -0.15) is 0 Å². The van der Waals surface area contributed by atoms with Gasteiger partial charge in [-0.25, -0.2) is 14.8 Å². The van der Waals surface area contributed by atoms with Crippen LogP contribution in [0.15, 0.2) is 5.03 Å². The molecule has 0 spiro atoms.